The molecule has 0 aliphatic heterocycles. The van der Waals surface area contributed by atoms with Crippen molar-refractivity contribution in [2.75, 3.05) is 4.72 Å². The second kappa shape index (κ2) is 6.85. The van der Waals surface area contributed by atoms with Crippen LogP contribution in [0.2, 0.25) is 0 Å². The maximum Gasteiger partial charge on any atom is 0.263 e. The second-order valence-electron chi connectivity index (χ2n) is 6.10. The molecule has 4 aromatic rings. The molecule has 7 heteroatoms. The van der Waals surface area contributed by atoms with Gasteiger partial charge >= 0.3 is 0 Å². The Bertz CT molecular complexity index is 1220. The molecule has 0 atom stereocenters. The maximum atomic E-state index is 13.7. The van der Waals surface area contributed by atoms with Crippen LogP contribution in [0.25, 0.3) is 10.8 Å². The summed E-state index contributed by atoms with van der Waals surface area (Å²) in [5, 5.41) is 5.98. The topological polar surface area (TPSA) is 64.0 Å². The Labute approximate surface area is 156 Å². The summed E-state index contributed by atoms with van der Waals surface area (Å²) in [6, 6.07) is 20.4. The Balaban J connectivity index is 1.56. The molecule has 0 unspecified atom stereocenters. The molecule has 3 aromatic carbocycles. The lowest BCUT2D eigenvalue weighted by atomic mass is 10.1. The Morgan fingerprint density at radius 1 is 0.926 bits per heavy atom. The number of fused-ring (bicyclic) bond motifs is 1. The van der Waals surface area contributed by atoms with Crippen molar-refractivity contribution in [3.8, 4) is 0 Å². The molecule has 0 amide bonds. The van der Waals surface area contributed by atoms with Gasteiger partial charge in [0.1, 0.15) is 5.82 Å². The van der Waals surface area contributed by atoms with E-state index in [-0.39, 0.29) is 23.1 Å². The largest absolute Gasteiger partial charge is 0.266 e. The Hall–Kier alpha value is -3.19. The van der Waals surface area contributed by atoms with Gasteiger partial charge in [-0.25, -0.2) is 12.8 Å². The van der Waals surface area contributed by atoms with E-state index in [0.717, 1.165) is 10.8 Å². The molecule has 0 aliphatic rings. The molecular weight excluding hydrogens is 365 g/mol. The van der Waals surface area contributed by atoms with E-state index in [1.165, 1.54) is 10.7 Å². The van der Waals surface area contributed by atoms with Crippen molar-refractivity contribution in [2.24, 2.45) is 0 Å². The third-order valence-corrected chi connectivity index (χ3v) is 5.55. The summed E-state index contributed by atoms with van der Waals surface area (Å²) in [5.41, 5.74) is 0.476. The van der Waals surface area contributed by atoms with Crippen LogP contribution in [0.5, 0.6) is 0 Å². The monoisotopic (exact) mass is 381 g/mol. The number of nitrogens with zero attached hydrogens (tertiary/aromatic N) is 2. The molecule has 5 nitrogen and oxygen atoms in total. The van der Waals surface area contributed by atoms with E-state index in [2.05, 4.69) is 9.82 Å². The highest BCUT2D eigenvalue weighted by Gasteiger charge is 2.16. The Morgan fingerprint density at radius 2 is 1.67 bits per heavy atom. The zero-order valence-corrected chi connectivity index (χ0v) is 15.0. The van der Waals surface area contributed by atoms with E-state index in [1.807, 2.05) is 24.3 Å². The zero-order valence-electron chi connectivity index (χ0n) is 14.2. The normalized spacial score (nSPS) is 11.6. The van der Waals surface area contributed by atoms with E-state index in [1.54, 1.807) is 48.7 Å². The predicted octanol–water partition coefficient (Wildman–Crippen LogP) is 4.02. The molecule has 1 heterocycles. The minimum atomic E-state index is -3.77. The minimum absolute atomic E-state index is 0.157. The fourth-order valence-corrected chi connectivity index (χ4v) is 3.87. The summed E-state index contributed by atoms with van der Waals surface area (Å²) in [6.45, 7) is 0.213. The number of sulfonamides is 1. The lowest BCUT2D eigenvalue weighted by molar-refractivity contribution is 0.585. The number of benzene rings is 3. The van der Waals surface area contributed by atoms with E-state index < -0.39 is 10.0 Å². The summed E-state index contributed by atoms with van der Waals surface area (Å²) >= 11 is 0. The predicted molar refractivity (Wildman–Crippen MR) is 102 cm³/mol. The molecule has 0 bridgehead atoms. The van der Waals surface area contributed by atoms with E-state index in [0.29, 0.717) is 5.56 Å². The summed E-state index contributed by atoms with van der Waals surface area (Å²) in [7, 11) is -3.77. The van der Waals surface area contributed by atoms with Crippen molar-refractivity contribution in [1.82, 2.24) is 9.78 Å². The van der Waals surface area contributed by atoms with Crippen LogP contribution in [0.4, 0.5) is 10.2 Å². The van der Waals surface area contributed by atoms with Crippen LogP contribution in [0, 0.1) is 5.82 Å². The third-order valence-electron chi connectivity index (χ3n) is 4.20. The highest BCUT2D eigenvalue weighted by atomic mass is 32.2. The summed E-state index contributed by atoms with van der Waals surface area (Å²) < 4.78 is 43.0. The number of rotatable bonds is 5. The highest BCUT2D eigenvalue weighted by molar-refractivity contribution is 7.92. The van der Waals surface area contributed by atoms with Crippen LogP contribution in [-0.2, 0) is 16.6 Å². The van der Waals surface area contributed by atoms with Gasteiger partial charge < -0.3 is 0 Å². The van der Waals surface area contributed by atoms with Gasteiger partial charge in [-0.2, -0.15) is 5.10 Å². The molecular formula is C20H16FN3O2S. The molecule has 0 saturated heterocycles. The smallest absolute Gasteiger partial charge is 0.263 e. The van der Waals surface area contributed by atoms with Gasteiger partial charge in [0.05, 0.1) is 11.4 Å². The fourth-order valence-electron chi connectivity index (χ4n) is 2.84. The molecule has 1 aromatic heterocycles. The lowest BCUT2D eigenvalue weighted by Crippen LogP contribution is -2.14. The lowest BCUT2D eigenvalue weighted by Gasteiger charge is -2.07. The van der Waals surface area contributed by atoms with Crippen molar-refractivity contribution in [3.05, 3.63) is 90.4 Å². The van der Waals surface area contributed by atoms with Gasteiger partial charge in [0.15, 0.2) is 5.82 Å². The first-order chi connectivity index (χ1) is 13.0. The Kier molecular flexibility index (Phi) is 4.37. The number of aromatic nitrogens is 2. The molecule has 27 heavy (non-hydrogen) atoms. The number of hydrogen-bond donors (Lipinski definition) is 1. The zero-order chi connectivity index (χ0) is 18.9. The minimum Gasteiger partial charge on any atom is -0.266 e. The molecule has 4 rings (SSSR count). The molecule has 0 radical (unpaired) electrons. The van der Waals surface area contributed by atoms with Gasteiger partial charge in [0, 0.05) is 17.8 Å². The van der Waals surface area contributed by atoms with Gasteiger partial charge in [-0.3, -0.25) is 9.40 Å². The van der Waals surface area contributed by atoms with Gasteiger partial charge in [-0.05, 0) is 29.0 Å². The fraction of sp³-hybridized carbons (Fsp3) is 0.0500. The van der Waals surface area contributed by atoms with Crippen molar-refractivity contribution >= 4 is 26.6 Å². The standard InChI is InChI=1S/C20H16FN3O2S/c21-19-8-4-3-7-17(19)14-24-12-11-20(22-24)23-27(25,26)18-10-9-15-5-1-2-6-16(15)13-18/h1-13H,14H2,(H,22,23). The van der Waals surface area contributed by atoms with E-state index >= 15 is 0 Å². The van der Waals surface area contributed by atoms with Crippen LogP contribution in [0.3, 0.4) is 0 Å². The summed E-state index contributed by atoms with van der Waals surface area (Å²) in [5.74, 6) is -0.147. The van der Waals surface area contributed by atoms with Crippen molar-refractivity contribution < 1.29 is 12.8 Å². The average molecular weight is 381 g/mol. The molecule has 0 fully saturated rings. The second-order valence-corrected chi connectivity index (χ2v) is 7.79. The van der Waals surface area contributed by atoms with E-state index in [4.69, 9.17) is 0 Å². The summed E-state index contributed by atoms with van der Waals surface area (Å²) in [6.07, 6.45) is 1.60. The molecule has 0 aliphatic carbocycles. The quantitative estimate of drug-likeness (QED) is 0.568. The molecule has 1 N–H and O–H groups in total. The summed E-state index contributed by atoms with van der Waals surface area (Å²) in [4.78, 5) is 0.157. The molecule has 0 saturated carbocycles. The van der Waals surface area contributed by atoms with Crippen molar-refractivity contribution in [1.29, 1.82) is 0 Å². The number of anilines is 1. The van der Waals surface area contributed by atoms with Crippen LogP contribution >= 0.6 is 0 Å². The first-order valence-corrected chi connectivity index (χ1v) is 9.78. The maximum absolute atomic E-state index is 13.7. The SMILES string of the molecule is O=S(=O)(Nc1ccn(Cc2ccccc2F)n1)c1ccc2ccccc2c1. The van der Waals surface area contributed by atoms with Crippen LogP contribution in [0.15, 0.2) is 83.9 Å². The van der Waals surface area contributed by atoms with Crippen molar-refractivity contribution in [2.45, 2.75) is 11.4 Å². The average Bonchev–Trinajstić information content (AvgIpc) is 3.09. The molecule has 0 spiro atoms. The van der Waals surface area contributed by atoms with Crippen LogP contribution < -0.4 is 4.72 Å². The van der Waals surface area contributed by atoms with Gasteiger partial charge in [-0.15, -0.1) is 0 Å². The molecule has 136 valence electrons. The van der Waals surface area contributed by atoms with Gasteiger partial charge in [0.25, 0.3) is 10.0 Å². The number of hydrogen-bond acceptors (Lipinski definition) is 3. The van der Waals surface area contributed by atoms with Gasteiger partial charge in [0.2, 0.25) is 0 Å². The first-order valence-electron chi connectivity index (χ1n) is 8.30. The van der Waals surface area contributed by atoms with Crippen molar-refractivity contribution in [3.63, 3.8) is 0 Å². The van der Waals surface area contributed by atoms with Gasteiger partial charge in [-0.1, -0.05) is 48.5 Å². The number of halogens is 1. The Morgan fingerprint density at radius 3 is 2.48 bits per heavy atom. The van der Waals surface area contributed by atoms with Crippen LogP contribution in [0.1, 0.15) is 5.56 Å². The van der Waals surface area contributed by atoms with Crippen LogP contribution in [-0.4, -0.2) is 18.2 Å². The third kappa shape index (κ3) is 3.68. The van der Waals surface area contributed by atoms with E-state index in [9.17, 15) is 12.8 Å². The number of nitrogens with one attached hydrogen (secondary N) is 1. The first kappa shape index (κ1) is 17.2. The highest BCUT2D eigenvalue weighted by Crippen LogP contribution is 2.21.